The van der Waals surface area contributed by atoms with Gasteiger partial charge < -0.3 is 10.6 Å². The molecule has 0 aliphatic carbocycles. The second-order valence-electron chi connectivity index (χ2n) is 6.48. The summed E-state index contributed by atoms with van der Waals surface area (Å²) in [6, 6.07) is 13.7. The molecule has 0 saturated carbocycles. The lowest BCUT2D eigenvalue weighted by Gasteiger charge is -2.12. The molecule has 0 radical (unpaired) electrons. The van der Waals surface area contributed by atoms with Crippen molar-refractivity contribution in [3.05, 3.63) is 64.8 Å². The molecule has 0 atom stereocenters. The van der Waals surface area contributed by atoms with Crippen LogP contribution in [-0.4, -0.2) is 19.7 Å². The van der Waals surface area contributed by atoms with Crippen molar-refractivity contribution >= 4 is 45.8 Å². The fraction of sp³-hybridized carbons (Fsp3) is 0.150. The van der Waals surface area contributed by atoms with Crippen LogP contribution in [0, 0.1) is 13.8 Å². The van der Waals surface area contributed by atoms with Crippen molar-refractivity contribution in [3.63, 3.8) is 0 Å². The summed E-state index contributed by atoms with van der Waals surface area (Å²) in [5, 5.41) is 12.5. The van der Waals surface area contributed by atoms with Crippen molar-refractivity contribution in [2.45, 2.75) is 13.8 Å². The summed E-state index contributed by atoms with van der Waals surface area (Å²) in [5.41, 5.74) is 4.92. The maximum absolute atomic E-state index is 6.08. The Kier molecular flexibility index (Phi) is 4.41. The number of aryl methyl sites for hydroxylation is 3. The van der Waals surface area contributed by atoms with Crippen molar-refractivity contribution < 1.29 is 0 Å². The second-order valence-corrected chi connectivity index (χ2v) is 6.92. The molecule has 27 heavy (non-hydrogen) atoms. The van der Waals surface area contributed by atoms with Gasteiger partial charge in [-0.25, -0.2) is 0 Å². The van der Waals surface area contributed by atoms with E-state index in [4.69, 9.17) is 11.6 Å². The normalized spacial score (nSPS) is 11.0. The Labute approximate surface area is 162 Å². The highest BCUT2D eigenvalue weighted by Crippen LogP contribution is 2.28. The minimum atomic E-state index is 0.473. The van der Waals surface area contributed by atoms with Gasteiger partial charge in [-0.1, -0.05) is 35.4 Å². The standard InChI is InChI=1S/C20H19ClN6/c1-12-7-8-17(13(2)9-12)24-18-16-11-22-27(3)19(16)26-20(25-18)23-15-6-4-5-14(21)10-15/h4-11H,1-3H3,(H2,23,24,25,26). The molecule has 2 heterocycles. The van der Waals surface area contributed by atoms with Gasteiger partial charge in [-0.05, 0) is 43.7 Å². The summed E-state index contributed by atoms with van der Waals surface area (Å²) in [6.07, 6.45) is 1.77. The van der Waals surface area contributed by atoms with Crippen LogP contribution in [0.2, 0.25) is 5.02 Å². The molecule has 0 spiro atoms. The Balaban J connectivity index is 1.77. The number of nitrogens with zero attached hydrogens (tertiary/aromatic N) is 4. The number of halogens is 1. The molecule has 4 aromatic rings. The highest BCUT2D eigenvalue weighted by Gasteiger charge is 2.13. The highest BCUT2D eigenvalue weighted by atomic mass is 35.5. The Morgan fingerprint density at radius 1 is 1.00 bits per heavy atom. The van der Waals surface area contributed by atoms with Crippen molar-refractivity contribution in [2.75, 3.05) is 10.6 Å². The number of anilines is 4. The zero-order chi connectivity index (χ0) is 19.0. The number of rotatable bonds is 4. The summed E-state index contributed by atoms with van der Waals surface area (Å²) >= 11 is 6.08. The van der Waals surface area contributed by atoms with Gasteiger partial charge in [0, 0.05) is 23.4 Å². The molecule has 0 unspecified atom stereocenters. The van der Waals surface area contributed by atoms with E-state index in [0.717, 1.165) is 28.0 Å². The molecule has 0 fully saturated rings. The SMILES string of the molecule is Cc1ccc(Nc2nc(Nc3cccc(Cl)c3)nc3c2cnn3C)c(C)c1. The van der Waals surface area contributed by atoms with E-state index in [2.05, 4.69) is 57.7 Å². The first-order chi connectivity index (χ1) is 13.0. The number of fused-ring (bicyclic) bond motifs is 1. The zero-order valence-electron chi connectivity index (χ0n) is 15.3. The molecule has 136 valence electrons. The van der Waals surface area contributed by atoms with Gasteiger partial charge in [-0.2, -0.15) is 15.1 Å². The molecule has 6 nitrogen and oxygen atoms in total. The fourth-order valence-corrected chi connectivity index (χ4v) is 3.14. The lowest BCUT2D eigenvalue weighted by Crippen LogP contribution is -2.04. The van der Waals surface area contributed by atoms with Crippen molar-refractivity contribution in [1.82, 2.24) is 19.7 Å². The van der Waals surface area contributed by atoms with E-state index in [1.807, 2.05) is 31.3 Å². The van der Waals surface area contributed by atoms with Crippen LogP contribution in [0.3, 0.4) is 0 Å². The minimum Gasteiger partial charge on any atom is -0.339 e. The third-order valence-electron chi connectivity index (χ3n) is 4.31. The van der Waals surface area contributed by atoms with Crippen LogP contribution in [0.4, 0.5) is 23.1 Å². The molecule has 0 aliphatic rings. The van der Waals surface area contributed by atoms with Gasteiger partial charge in [-0.15, -0.1) is 0 Å². The fourth-order valence-electron chi connectivity index (χ4n) is 2.95. The zero-order valence-corrected chi connectivity index (χ0v) is 16.0. The molecule has 2 N–H and O–H groups in total. The first-order valence-corrected chi connectivity index (χ1v) is 8.94. The summed E-state index contributed by atoms with van der Waals surface area (Å²) < 4.78 is 1.73. The summed E-state index contributed by atoms with van der Waals surface area (Å²) in [4.78, 5) is 9.26. The molecular weight excluding hydrogens is 360 g/mol. The molecule has 2 aromatic carbocycles. The van der Waals surface area contributed by atoms with E-state index in [0.29, 0.717) is 16.8 Å². The van der Waals surface area contributed by atoms with E-state index < -0.39 is 0 Å². The molecule has 2 aromatic heterocycles. The van der Waals surface area contributed by atoms with Crippen LogP contribution in [-0.2, 0) is 7.05 Å². The van der Waals surface area contributed by atoms with E-state index in [1.54, 1.807) is 10.9 Å². The Bertz CT molecular complexity index is 1130. The molecule has 0 aliphatic heterocycles. The largest absolute Gasteiger partial charge is 0.339 e. The molecule has 0 saturated heterocycles. The molecule has 0 bridgehead atoms. The van der Waals surface area contributed by atoms with Crippen LogP contribution in [0.15, 0.2) is 48.7 Å². The average molecular weight is 379 g/mol. The van der Waals surface area contributed by atoms with Gasteiger partial charge in [0.05, 0.1) is 11.6 Å². The van der Waals surface area contributed by atoms with E-state index in [1.165, 1.54) is 5.56 Å². The van der Waals surface area contributed by atoms with Crippen molar-refractivity contribution in [1.29, 1.82) is 0 Å². The number of hydrogen-bond donors (Lipinski definition) is 2. The van der Waals surface area contributed by atoms with E-state index in [-0.39, 0.29) is 0 Å². The number of benzene rings is 2. The van der Waals surface area contributed by atoms with Crippen LogP contribution >= 0.6 is 11.6 Å². The lowest BCUT2D eigenvalue weighted by molar-refractivity contribution is 0.786. The minimum absolute atomic E-state index is 0.473. The number of hydrogen-bond acceptors (Lipinski definition) is 5. The second kappa shape index (κ2) is 6.89. The van der Waals surface area contributed by atoms with E-state index in [9.17, 15) is 0 Å². The maximum atomic E-state index is 6.08. The summed E-state index contributed by atoms with van der Waals surface area (Å²) in [7, 11) is 1.86. The number of aromatic nitrogens is 4. The Hall–Kier alpha value is -3.12. The van der Waals surface area contributed by atoms with Gasteiger partial charge in [-0.3, -0.25) is 4.68 Å². The van der Waals surface area contributed by atoms with Gasteiger partial charge >= 0.3 is 0 Å². The quantitative estimate of drug-likeness (QED) is 0.515. The third-order valence-corrected chi connectivity index (χ3v) is 4.54. The average Bonchev–Trinajstić information content (AvgIpc) is 2.99. The lowest BCUT2D eigenvalue weighted by atomic mass is 10.1. The van der Waals surface area contributed by atoms with E-state index >= 15 is 0 Å². The van der Waals surface area contributed by atoms with Gasteiger partial charge in [0.15, 0.2) is 5.65 Å². The van der Waals surface area contributed by atoms with Crippen LogP contribution in [0.5, 0.6) is 0 Å². The first-order valence-electron chi connectivity index (χ1n) is 8.56. The van der Waals surface area contributed by atoms with Gasteiger partial charge in [0.1, 0.15) is 5.82 Å². The molecule has 7 heteroatoms. The maximum Gasteiger partial charge on any atom is 0.231 e. The highest BCUT2D eigenvalue weighted by molar-refractivity contribution is 6.30. The monoisotopic (exact) mass is 378 g/mol. The molecular formula is C20H19ClN6. The third kappa shape index (κ3) is 3.57. The predicted molar refractivity (Wildman–Crippen MR) is 110 cm³/mol. The van der Waals surface area contributed by atoms with Crippen LogP contribution < -0.4 is 10.6 Å². The van der Waals surface area contributed by atoms with Crippen LogP contribution in [0.1, 0.15) is 11.1 Å². The molecule has 0 amide bonds. The Morgan fingerprint density at radius 2 is 1.85 bits per heavy atom. The van der Waals surface area contributed by atoms with Gasteiger partial charge in [0.2, 0.25) is 5.95 Å². The smallest absolute Gasteiger partial charge is 0.231 e. The first kappa shape index (κ1) is 17.3. The number of nitrogens with one attached hydrogen (secondary N) is 2. The Morgan fingerprint density at radius 3 is 2.63 bits per heavy atom. The van der Waals surface area contributed by atoms with Crippen LogP contribution in [0.25, 0.3) is 11.0 Å². The summed E-state index contributed by atoms with van der Waals surface area (Å²) in [5.74, 6) is 1.17. The topological polar surface area (TPSA) is 67.7 Å². The van der Waals surface area contributed by atoms with Crippen molar-refractivity contribution in [3.8, 4) is 0 Å². The molecule has 4 rings (SSSR count). The predicted octanol–water partition coefficient (Wildman–Crippen LogP) is 5.12. The van der Waals surface area contributed by atoms with Crippen molar-refractivity contribution in [2.24, 2.45) is 7.05 Å². The summed E-state index contributed by atoms with van der Waals surface area (Å²) in [6.45, 7) is 4.15. The van der Waals surface area contributed by atoms with Gasteiger partial charge in [0.25, 0.3) is 0 Å².